The molecule has 0 radical (unpaired) electrons. The molecule has 25 heavy (non-hydrogen) atoms. The van der Waals surface area contributed by atoms with E-state index < -0.39 is 11.0 Å². The van der Waals surface area contributed by atoms with E-state index in [9.17, 15) is 19.7 Å². The number of para-hydroxylation sites is 1. The fraction of sp³-hybridized carbons (Fsp3) is 0.176. The van der Waals surface area contributed by atoms with Gasteiger partial charge in [0, 0.05) is 36.5 Å². The van der Waals surface area contributed by atoms with Gasteiger partial charge in [-0.05, 0) is 18.2 Å². The molecule has 1 fully saturated rings. The average Bonchev–Trinajstić information content (AvgIpc) is 2.96. The number of anilines is 2. The summed E-state index contributed by atoms with van der Waals surface area (Å²) in [5, 5.41) is 16.0. The van der Waals surface area contributed by atoms with Crippen molar-refractivity contribution in [3.63, 3.8) is 0 Å². The number of carbonyl (C=O) groups is 2. The number of nitro groups is 1. The molecule has 1 unspecified atom stereocenters. The smallest absolute Gasteiger partial charge is 0.319 e. The molecular weight excluding hydrogens is 324 g/mol. The normalized spacial score (nSPS) is 16.6. The first-order chi connectivity index (χ1) is 12.0. The standard InChI is InChI=1S/C17H16N4O4/c22-16-10-13(11-20(16)14-6-2-1-3-7-14)19-17(23)18-12-5-4-8-15(9-12)21(24)25/h1-9,13H,10-11H2,(H2,18,19,23). The van der Waals surface area contributed by atoms with Gasteiger partial charge in [-0.3, -0.25) is 14.9 Å². The van der Waals surface area contributed by atoms with Crippen LogP contribution < -0.4 is 15.5 Å². The highest BCUT2D eigenvalue weighted by Crippen LogP contribution is 2.21. The van der Waals surface area contributed by atoms with Gasteiger partial charge in [0.1, 0.15) is 0 Å². The number of nitro benzene ring substituents is 1. The molecule has 2 aromatic carbocycles. The highest BCUT2D eigenvalue weighted by Gasteiger charge is 2.31. The average molecular weight is 340 g/mol. The molecule has 1 atom stereocenters. The number of non-ortho nitro benzene ring substituents is 1. The summed E-state index contributed by atoms with van der Waals surface area (Å²) in [4.78, 5) is 36.1. The van der Waals surface area contributed by atoms with Crippen LogP contribution in [0.5, 0.6) is 0 Å². The summed E-state index contributed by atoms with van der Waals surface area (Å²) >= 11 is 0. The Labute approximate surface area is 143 Å². The molecule has 0 aliphatic carbocycles. The van der Waals surface area contributed by atoms with E-state index in [0.717, 1.165) is 5.69 Å². The van der Waals surface area contributed by atoms with Gasteiger partial charge >= 0.3 is 6.03 Å². The number of hydrogen-bond donors (Lipinski definition) is 2. The number of rotatable bonds is 4. The molecule has 0 aromatic heterocycles. The summed E-state index contributed by atoms with van der Waals surface area (Å²) in [6.07, 6.45) is 0.206. The van der Waals surface area contributed by atoms with E-state index in [1.807, 2.05) is 30.3 Å². The van der Waals surface area contributed by atoms with Crippen LogP contribution in [0.4, 0.5) is 21.9 Å². The maximum Gasteiger partial charge on any atom is 0.319 e. The molecule has 1 aliphatic heterocycles. The summed E-state index contributed by atoms with van der Waals surface area (Å²) in [6.45, 7) is 0.380. The Bertz CT molecular complexity index is 809. The third kappa shape index (κ3) is 3.92. The van der Waals surface area contributed by atoms with Crippen molar-refractivity contribution in [1.29, 1.82) is 0 Å². The topological polar surface area (TPSA) is 105 Å². The predicted molar refractivity (Wildman–Crippen MR) is 92.5 cm³/mol. The van der Waals surface area contributed by atoms with Crippen LogP contribution in [-0.4, -0.2) is 29.4 Å². The minimum absolute atomic E-state index is 0.0631. The van der Waals surface area contributed by atoms with Crippen molar-refractivity contribution in [3.05, 3.63) is 64.7 Å². The van der Waals surface area contributed by atoms with Crippen LogP contribution in [0.2, 0.25) is 0 Å². The Morgan fingerprint density at radius 3 is 2.64 bits per heavy atom. The van der Waals surface area contributed by atoms with Gasteiger partial charge in [0.2, 0.25) is 5.91 Å². The highest BCUT2D eigenvalue weighted by atomic mass is 16.6. The first-order valence-electron chi connectivity index (χ1n) is 7.70. The Morgan fingerprint density at radius 1 is 1.16 bits per heavy atom. The monoisotopic (exact) mass is 340 g/mol. The Morgan fingerprint density at radius 2 is 1.92 bits per heavy atom. The molecule has 1 saturated heterocycles. The summed E-state index contributed by atoms with van der Waals surface area (Å²) in [7, 11) is 0. The molecule has 0 saturated carbocycles. The second-order valence-electron chi connectivity index (χ2n) is 5.65. The van der Waals surface area contributed by atoms with E-state index in [-0.39, 0.29) is 24.1 Å². The first kappa shape index (κ1) is 16.4. The van der Waals surface area contributed by atoms with Crippen LogP contribution in [0.25, 0.3) is 0 Å². The fourth-order valence-electron chi connectivity index (χ4n) is 2.71. The summed E-state index contributed by atoms with van der Waals surface area (Å²) in [5.74, 6) is -0.0631. The van der Waals surface area contributed by atoms with Crippen molar-refractivity contribution in [2.24, 2.45) is 0 Å². The van der Waals surface area contributed by atoms with Gasteiger partial charge in [-0.1, -0.05) is 24.3 Å². The SMILES string of the molecule is O=C(Nc1cccc([N+](=O)[O-])c1)NC1CC(=O)N(c2ccccc2)C1. The van der Waals surface area contributed by atoms with Crippen LogP contribution >= 0.6 is 0 Å². The lowest BCUT2D eigenvalue weighted by Gasteiger charge is -2.17. The van der Waals surface area contributed by atoms with Gasteiger partial charge in [0.25, 0.3) is 5.69 Å². The van der Waals surface area contributed by atoms with Crippen molar-refractivity contribution in [2.45, 2.75) is 12.5 Å². The van der Waals surface area contributed by atoms with Crippen LogP contribution in [-0.2, 0) is 4.79 Å². The number of urea groups is 1. The second-order valence-corrected chi connectivity index (χ2v) is 5.65. The summed E-state index contributed by atoms with van der Waals surface area (Å²) in [5.41, 5.74) is 0.996. The second kappa shape index (κ2) is 7.00. The highest BCUT2D eigenvalue weighted by molar-refractivity contribution is 5.97. The lowest BCUT2D eigenvalue weighted by atomic mass is 10.2. The number of nitrogens with zero attached hydrogens (tertiary/aromatic N) is 2. The van der Waals surface area contributed by atoms with Crippen LogP contribution in [0.1, 0.15) is 6.42 Å². The van der Waals surface area contributed by atoms with E-state index in [2.05, 4.69) is 10.6 Å². The molecule has 8 heteroatoms. The Balaban J connectivity index is 1.60. The van der Waals surface area contributed by atoms with E-state index >= 15 is 0 Å². The van der Waals surface area contributed by atoms with Gasteiger partial charge in [-0.25, -0.2) is 4.79 Å². The van der Waals surface area contributed by atoms with Crippen molar-refractivity contribution < 1.29 is 14.5 Å². The molecule has 2 aromatic rings. The van der Waals surface area contributed by atoms with Crippen molar-refractivity contribution in [3.8, 4) is 0 Å². The van der Waals surface area contributed by atoms with Crippen molar-refractivity contribution in [1.82, 2.24) is 5.32 Å². The third-order valence-electron chi connectivity index (χ3n) is 3.84. The van der Waals surface area contributed by atoms with Gasteiger partial charge in [0.15, 0.2) is 0 Å². The number of carbonyl (C=O) groups excluding carboxylic acids is 2. The Hall–Kier alpha value is -3.42. The molecule has 0 spiro atoms. The Kier molecular flexibility index (Phi) is 4.60. The zero-order valence-electron chi connectivity index (χ0n) is 13.2. The van der Waals surface area contributed by atoms with Crippen molar-refractivity contribution in [2.75, 3.05) is 16.8 Å². The first-order valence-corrected chi connectivity index (χ1v) is 7.70. The molecular formula is C17H16N4O4. The minimum atomic E-state index is -0.531. The molecule has 3 rings (SSSR count). The van der Waals surface area contributed by atoms with Crippen molar-refractivity contribution >= 4 is 29.0 Å². The van der Waals surface area contributed by atoms with E-state index in [0.29, 0.717) is 12.2 Å². The molecule has 1 aliphatic rings. The maximum absolute atomic E-state index is 12.1. The number of amides is 3. The van der Waals surface area contributed by atoms with Crippen LogP contribution in [0, 0.1) is 10.1 Å². The number of benzene rings is 2. The molecule has 2 N–H and O–H groups in total. The zero-order chi connectivity index (χ0) is 17.8. The fourth-order valence-corrected chi connectivity index (χ4v) is 2.71. The van der Waals surface area contributed by atoms with E-state index in [1.165, 1.54) is 18.2 Å². The third-order valence-corrected chi connectivity index (χ3v) is 3.84. The largest absolute Gasteiger partial charge is 0.333 e. The van der Waals surface area contributed by atoms with E-state index in [1.54, 1.807) is 11.0 Å². The molecule has 1 heterocycles. The number of hydrogen-bond acceptors (Lipinski definition) is 4. The lowest BCUT2D eigenvalue weighted by molar-refractivity contribution is -0.384. The molecule has 3 amide bonds. The van der Waals surface area contributed by atoms with Gasteiger partial charge < -0.3 is 15.5 Å². The van der Waals surface area contributed by atoms with Gasteiger partial charge in [-0.2, -0.15) is 0 Å². The predicted octanol–water partition coefficient (Wildman–Crippen LogP) is 2.52. The van der Waals surface area contributed by atoms with Gasteiger partial charge in [-0.15, -0.1) is 0 Å². The van der Waals surface area contributed by atoms with Gasteiger partial charge in [0.05, 0.1) is 11.0 Å². The molecule has 128 valence electrons. The van der Waals surface area contributed by atoms with Crippen LogP contribution in [0.3, 0.4) is 0 Å². The zero-order valence-corrected chi connectivity index (χ0v) is 13.2. The summed E-state index contributed by atoms with van der Waals surface area (Å²) in [6, 6.07) is 14.1. The molecule has 8 nitrogen and oxygen atoms in total. The quantitative estimate of drug-likeness (QED) is 0.659. The maximum atomic E-state index is 12.1. The summed E-state index contributed by atoms with van der Waals surface area (Å²) < 4.78 is 0. The van der Waals surface area contributed by atoms with E-state index in [4.69, 9.17) is 0 Å². The van der Waals surface area contributed by atoms with Crippen LogP contribution in [0.15, 0.2) is 54.6 Å². The lowest BCUT2D eigenvalue weighted by Crippen LogP contribution is -2.39. The minimum Gasteiger partial charge on any atom is -0.333 e. The molecule has 0 bridgehead atoms. The number of nitrogens with one attached hydrogen (secondary N) is 2.